The van der Waals surface area contributed by atoms with E-state index in [2.05, 4.69) is 11.8 Å². The van der Waals surface area contributed by atoms with Crippen molar-refractivity contribution in [3.05, 3.63) is 88.8 Å². The zero-order valence-electron chi connectivity index (χ0n) is 20.4. The van der Waals surface area contributed by atoms with Crippen molar-refractivity contribution in [2.24, 2.45) is 5.41 Å². The molecule has 36 heavy (non-hydrogen) atoms. The molecule has 2 aliphatic rings. The highest BCUT2D eigenvalue weighted by Crippen LogP contribution is 2.40. The number of ether oxygens (including phenoxy) is 4. The number of carbonyl (C=O) groups excluding carboxylic acids is 1. The molecule has 0 spiro atoms. The molecule has 0 atom stereocenters. The van der Waals surface area contributed by atoms with Gasteiger partial charge in [-0.1, -0.05) is 31.2 Å². The molecule has 1 saturated heterocycles. The van der Waals surface area contributed by atoms with Crippen molar-refractivity contribution in [3.63, 3.8) is 0 Å². The Kier molecular flexibility index (Phi) is 7.04. The lowest BCUT2D eigenvalue weighted by Gasteiger charge is -2.37. The fourth-order valence-corrected chi connectivity index (χ4v) is 4.51. The molecule has 0 saturated carbocycles. The van der Waals surface area contributed by atoms with Gasteiger partial charge in [0, 0.05) is 12.0 Å². The third kappa shape index (κ3) is 5.43. The van der Waals surface area contributed by atoms with Gasteiger partial charge in [0.05, 0.1) is 38.6 Å². The standard InChI is InChI=1S/C30H29NO5/c1-30(19-34-20-30)18-33-13-3-4-14-35-25-8-5-21(6-9-25)29(32)36-26-10-12-28-23(17-26)15-22-16-24(31-2)7-11-27(22)28/h5-12,16-17H,3-4,13-15,18-20H2,1H3. The van der Waals surface area contributed by atoms with E-state index in [0.29, 0.717) is 23.6 Å². The molecule has 1 fully saturated rings. The summed E-state index contributed by atoms with van der Waals surface area (Å²) >= 11 is 0. The molecule has 184 valence electrons. The van der Waals surface area contributed by atoms with Gasteiger partial charge in [0.1, 0.15) is 11.5 Å². The first-order valence-corrected chi connectivity index (χ1v) is 12.3. The number of rotatable bonds is 10. The molecule has 3 aromatic carbocycles. The second-order valence-corrected chi connectivity index (χ2v) is 9.77. The van der Waals surface area contributed by atoms with Crippen molar-refractivity contribution in [1.82, 2.24) is 0 Å². The van der Waals surface area contributed by atoms with E-state index in [1.165, 1.54) is 0 Å². The highest BCUT2D eigenvalue weighted by Gasteiger charge is 2.33. The minimum absolute atomic E-state index is 0.190. The van der Waals surface area contributed by atoms with Gasteiger partial charge in [-0.2, -0.15) is 0 Å². The van der Waals surface area contributed by atoms with E-state index >= 15 is 0 Å². The number of fused-ring (bicyclic) bond motifs is 3. The Labute approximate surface area is 211 Å². The van der Waals surface area contributed by atoms with Crippen LogP contribution in [0, 0.1) is 12.0 Å². The van der Waals surface area contributed by atoms with E-state index in [1.807, 2.05) is 36.4 Å². The molecule has 0 amide bonds. The molecule has 0 aromatic heterocycles. The predicted octanol–water partition coefficient (Wildman–Crippen LogP) is 6.24. The van der Waals surface area contributed by atoms with Crippen LogP contribution in [0.4, 0.5) is 5.69 Å². The third-order valence-electron chi connectivity index (χ3n) is 6.57. The molecule has 0 radical (unpaired) electrons. The number of nitrogens with zero attached hydrogens (tertiary/aromatic N) is 1. The van der Waals surface area contributed by atoms with Crippen molar-refractivity contribution in [1.29, 1.82) is 0 Å². The largest absolute Gasteiger partial charge is 0.494 e. The molecule has 6 nitrogen and oxygen atoms in total. The molecule has 1 aliphatic carbocycles. The van der Waals surface area contributed by atoms with Crippen LogP contribution in [0.5, 0.6) is 11.5 Å². The van der Waals surface area contributed by atoms with Gasteiger partial charge in [0.2, 0.25) is 0 Å². The van der Waals surface area contributed by atoms with E-state index in [1.54, 1.807) is 24.3 Å². The first-order valence-electron chi connectivity index (χ1n) is 12.3. The van der Waals surface area contributed by atoms with Gasteiger partial charge >= 0.3 is 5.97 Å². The van der Waals surface area contributed by atoms with Crippen LogP contribution in [-0.2, 0) is 15.9 Å². The van der Waals surface area contributed by atoms with E-state index in [4.69, 9.17) is 25.5 Å². The fraction of sp³-hybridized carbons (Fsp3) is 0.333. The minimum Gasteiger partial charge on any atom is -0.494 e. The van der Waals surface area contributed by atoms with E-state index in [9.17, 15) is 4.79 Å². The van der Waals surface area contributed by atoms with Crippen LogP contribution in [0.1, 0.15) is 41.3 Å². The number of unbranched alkanes of at least 4 members (excludes halogenated alkanes) is 1. The van der Waals surface area contributed by atoms with Crippen molar-refractivity contribution in [3.8, 4) is 22.6 Å². The molecule has 0 bridgehead atoms. The molecule has 1 heterocycles. The zero-order chi connectivity index (χ0) is 25.0. The quantitative estimate of drug-likeness (QED) is 0.116. The molecule has 0 N–H and O–H groups in total. The summed E-state index contributed by atoms with van der Waals surface area (Å²) in [5, 5.41) is 0. The number of hydrogen-bond acceptors (Lipinski definition) is 5. The summed E-state index contributed by atoms with van der Waals surface area (Å²) in [5.74, 6) is 0.828. The Morgan fingerprint density at radius 2 is 1.64 bits per heavy atom. The molecule has 0 unspecified atom stereocenters. The SMILES string of the molecule is [C-]#[N+]c1ccc2c(c1)Cc1cc(OC(=O)c3ccc(OCCCCOCC4(C)COC4)cc3)ccc1-2. The summed E-state index contributed by atoms with van der Waals surface area (Å²) in [5.41, 5.74) is 5.78. The van der Waals surface area contributed by atoms with E-state index < -0.39 is 5.97 Å². The summed E-state index contributed by atoms with van der Waals surface area (Å²) in [7, 11) is 0. The monoisotopic (exact) mass is 483 g/mol. The Morgan fingerprint density at radius 3 is 2.36 bits per heavy atom. The van der Waals surface area contributed by atoms with Crippen LogP contribution in [0.2, 0.25) is 0 Å². The first kappa shape index (κ1) is 24.1. The summed E-state index contributed by atoms with van der Waals surface area (Å²) in [4.78, 5) is 16.2. The normalized spacial score (nSPS) is 14.8. The molecular weight excluding hydrogens is 454 g/mol. The summed E-state index contributed by atoms with van der Waals surface area (Å²) < 4.78 is 22.4. The number of esters is 1. The Morgan fingerprint density at radius 1 is 0.944 bits per heavy atom. The van der Waals surface area contributed by atoms with Crippen molar-refractivity contribution >= 4 is 11.7 Å². The van der Waals surface area contributed by atoms with Crippen LogP contribution in [0.25, 0.3) is 16.0 Å². The van der Waals surface area contributed by atoms with Gasteiger partial charge in [-0.3, -0.25) is 0 Å². The van der Waals surface area contributed by atoms with Gasteiger partial charge < -0.3 is 18.9 Å². The predicted molar refractivity (Wildman–Crippen MR) is 137 cm³/mol. The topological polar surface area (TPSA) is 58.4 Å². The van der Waals surface area contributed by atoms with Gasteiger partial charge in [-0.25, -0.2) is 9.64 Å². The lowest BCUT2D eigenvalue weighted by Crippen LogP contribution is -2.43. The van der Waals surface area contributed by atoms with Gasteiger partial charge in [0.25, 0.3) is 0 Å². The maximum Gasteiger partial charge on any atom is 0.343 e. The lowest BCUT2D eigenvalue weighted by atomic mass is 9.90. The second kappa shape index (κ2) is 10.5. The number of benzene rings is 3. The van der Waals surface area contributed by atoms with Crippen LogP contribution >= 0.6 is 0 Å². The number of hydrogen-bond donors (Lipinski definition) is 0. The van der Waals surface area contributed by atoms with Crippen LogP contribution < -0.4 is 9.47 Å². The van der Waals surface area contributed by atoms with E-state index in [-0.39, 0.29) is 5.41 Å². The molecule has 1 aliphatic heterocycles. The molecular formula is C30H29NO5. The maximum atomic E-state index is 12.7. The molecule has 3 aromatic rings. The van der Waals surface area contributed by atoms with Crippen molar-refractivity contribution in [2.75, 3.05) is 33.0 Å². The summed E-state index contributed by atoms with van der Waals surface area (Å²) in [6.07, 6.45) is 2.57. The van der Waals surface area contributed by atoms with Gasteiger partial charge in [-0.05, 0) is 77.9 Å². The van der Waals surface area contributed by atoms with Gasteiger partial charge in [-0.15, -0.1) is 0 Å². The van der Waals surface area contributed by atoms with Crippen molar-refractivity contribution < 1.29 is 23.7 Å². The Bertz CT molecular complexity index is 1290. The average molecular weight is 484 g/mol. The highest BCUT2D eigenvalue weighted by atomic mass is 16.5. The lowest BCUT2D eigenvalue weighted by molar-refractivity contribution is -0.138. The Balaban J connectivity index is 1.07. The first-order chi connectivity index (χ1) is 17.5. The number of carbonyl (C=O) groups is 1. The summed E-state index contributed by atoms with van der Waals surface area (Å²) in [6.45, 7) is 13.0. The highest BCUT2D eigenvalue weighted by molar-refractivity contribution is 5.91. The third-order valence-corrected chi connectivity index (χ3v) is 6.57. The van der Waals surface area contributed by atoms with Gasteiger partial charge in [0.15, 0.2) is 5.69 Å². The van der Waals surface area contributed by atoms with Crippen molar-refractivity contribution in [2.45, 2.75) is 26.2 Å². The zero-order valence-corrected chi connectivity index (χ0v) is 20.4. The van der Waals surface area contributed by atoms with E-state index in [0.717, 1.165) is 73.7 Å². The van der Waals surface area contributed by atoms with Crippen LogP contribution in [0.15, 0.2) is 60.7 Å². The fourth-order valence-electron chi connectivity index (χ4n) is 4.51. The Hall–Kier alpha value is -3.66. The van der Waals surface area contributed by atoms with Crippen LogP contribution in [0.3, 0.4) is 0 Å². The molecule has 6 heteroatoms. The smallest absolute Gasteiger partial charge is 0.343 e. The van der Waals surface area contributed by atoms with Crippen LogP contribution in [-0.4, -0.2) is 39.0 Å². The minimum atomic E-state index is -0.407. The maximum absolute atomic E-state index is 12.7. The summed E-state index contributed by atoms with van der Waals surface area (Å²) in [6, 6.07) is 18.5. The second-order valence-electron chi connectivity index (χ2n) is 9.77. The average Bonchev–Trinajstić information content (AvgIpc) is 3.24. The molecule has 5 rings (SSSR count).